The molecule has 1 aromatic rings. The first-order chi connectivity index (χ1) is 9.08. The van der Waals surface area contributed by atoms with Gasteiger partial charge in [-0.3, -0.25) is 4.79 Å². The second kappa shape index (κ2) is 5.95. The van der Waals surface area contributed by atoms with E-state index in [2.05, 4.69) is 5.32 Å². The number of amides is 1. The number of ether oxygens (including phenoxy) is 1. The zero-order valence-electron chi connectivity index (χ0n) is 11.5. The molecule has 19 heavy (non-hydrogen) atoms. The maximum Gasteiger partial charge on any atom is 0.260 e. The molecule has 1 aliphatic rings. The Bertz CT molecular complexity index is 453. The zero-order chi connectivity index (χ0) is 13.8. The number of nitrogens with one attached hydrogen (secondary N) is 1. The highest BCUT2D eigenvalue weighted by Gasteiger charge is 2.22. The molecule has 2 rings (SSSR count). The quantitative estimate of drug-likeness (QED) is 0.877. The predicted octanol–water partition coefficient (Wildman–Crippen LogP) is 2.53. The van der Waals surface area contributed by atoms with Crippen LogP contribution < -0.4 is 10.1 Å². The SMILES string of the molecule is Cc1c(O)cccc1OC(C)C(=O)NC1CCCC1. The van der Waals surface area contributed by atoms with Gasteiger partial charge in [-0.05, 0) is 38.8 Å². The fourth-order valence-corrected chi connectivity index (χ4v) is 2.36. The van der Waals surface area contributed by atoms with Crippen LogP contribution in [0.2, 0.25) is 0 Å². The number of hydrogen-bond acceptors (Lipinski definition) is 3. The molecule has 0 spiro atoms. The van der Waals surface area contributed by atoms with Crippen molar-refractivity contribution in [1.82, 2.24) is 5.32 Å². The highest BCUT2D eigenvalue weighted by Crippen LogP contribution is 2.27. The Hall–Kier alpha value is -1.71. The van der Waals surface area contributed by atoms with Crippen molar-refractivity contribution in [3.8, 4) is 11.5 Å². The summed E-state index contributed by atoms with van der Waals surface area (Å²) in [5.74, 6) is 0.643. The van der Waals surface area contributed by atoms with E-state index in [0.717, 1.165) is 12.8 Å². The molecule has 0 bridgehead atoms. The third-order valence-electron chi connectivity index (χ3n) is 3.63. The van der Waals surface area contributed by atoms with Gasteiger partial charge in [0.25, 0.3) is 5.91 Å². The molecular weight excluding hydrogens is 242 g/mol. The van der Waals surface area contributed by atoms with Gasteiger partial charge in [-0.2, -0.15) is 0 Å². The molecule has 104 valence electrons. The molecule has 1 unspecified atom stereocenters. The van der Waals surface area contributed by atoms with Crippen LogP contribution in [0.4, 0.5) is 0 Å². The molecule has 4 nitrogen and oxygen atoms in total. The maximum absolute atomic E-state index is 12.0. The fraction of sp³-hybridized carbons (Fsp3) is 0.533. The smallest absolute Gasteiger partial charge is 0.260 e. The van der Waals surface area contributed by atoms with Gasteiger partial charge in [0, 0.05) is 11.6 Å². The molecule has 1 aliphatic carbocycles. The number of phenols is 1. The molecule has 2 N–H and O–H groups in total. The van der Waals surface area contributed by atoms with Crippen LogP contribution in [0.3, 0.4) is 0 Å². The van der Waals surface area contributed by atoms with E-state index >= 15 is 0 Å². The van der Waals surface area contributed by atoms with E-state index in [9.17, 15) is 9.90 Å². The van der Waals surface area contributed by atoms with E-state index in [4.69, 9.17) is 4.74 Å². The topological polar surface area (TPSA) is 58.6 Å². The lowest BCUT2D eigenvalue weighted by atomic mass is 10.2. The van der Waals surface area contributed by atoms with Crippen molar-refractivity contribution >= 4 is 5.91 Å². The zero-order valence-corrected chi connectivity index (χ0v) is 11.5. The first kappa shape index (κ1) is 13.7. The lowest BCUT2D eigenvalue weighted by Crippen LogP contribution is -2.41. The molecule has 1 atom stereocenters. The standard InChI is InChI=1S/C15H21NO3/c1-10-13(17)8-5-9-14(10)19-11(2)15(18)16-12-6-3-4-7-12/h5,8-9,11-12,17H,3-4,6-7H2,1-2H3,(H,16,18). The summed E-state index contributed by atoms with van der Waals surface area (Å²) in [6.45, 7) is 3.50. The average Bonchev–Trinajstić information content (AvgIpc) is 2.87. The molecule has 1 fully saturated rings. The Morgan fingerprint density at radius 1 is 1.42 bits per heavy atom. The number of carbonyl (C=O) groups is 1. The summed E-state index contributed by atoms with van der Waals surface area (Å²) in [5.41, 5.74) is 0.656. The Kier molecular flexibility index (Phi) is 4.30. The summed E-state index contributed by atoms with van der Waals surface area (Å²) in [7, 11) is 0. The van der Waals surface area contributed by atoms with Gasteiger partial charge in [-0.25, -0.2) is 0 Å². The molecule has 1 amide bonds. The van der Waals surface area contributed by atoms with Gasteiger partial charge < -0.3 is 15.2 Å². The predicted molar refractivity (Wildman–Crippen MR) is 73.3 cm³/mol. The third-order valence-corrected chi connectivity index (χ3v) is 3.63. The number of aromatic hydroxyl groups is 1. The minimum atomic E-state index is -0.555. The van der Waals surface area contributed by atoms with Crippen LogP contribution in [0, 0.1) is 6.92 Å². The van der Waals surface area contributed by atoms with E-state index in [0.29, 0.717) is 17.4 Å². The van der Waals surface area contributed by atoms with Gasteiger partial charge in [-0.1, -0.05) is 18.9 Å². The number of carbonyl (C=O) groups excluding carboxylic acids is 1. The van der Waals surface area contributed by atoms with E-state index in [1.165, 1.54) is 12.8 Å². The highest BCUT2D eigenvalue weighted by molar-refractivity contribution is 5.81. The third kappa shape index (κ3) is 3.40. The lowest BCUT2D eigenvalue weighted by Gasteiger charge is -2.19. The summed E-state index contributed by atoms with van der Waals surface area (Å²) in [5, 5.41) is 12.6. The highest BCUT2D eigenvalue weighted by atomic mass is 16.5. The normalized spacial score (nSPS) is 17.2. The fourth-order valence-electron chi connectivity index (χ4n) is 2.36. The van der Waals surface area contributed by atoms with Crippen molar-refractivity contribution in [2.75, 3.05) is 0 Å². The minimum absolute atomic E-state index is 0.0883. The van der Waals surface area contributed by atoms with Crippen LogP contribution in [0.1, 0.15) is 38.2 Å². The van der Waals surface area contributed by atoms with Crippen LogP contribution in [0.5, 0.6) is 11.5 Å². The van der Waals surface area contributed by atoms with Crippen LogP contribution in [-0.2, 0) is 4.79 Å². The van der Waals surface area contributed by atoms with E-state index in [1.807, 2.05) is 0 Å². The van der Waals surface area contributed by atoms with Crippen LogP contribution >= 0.6 is 0 Å². The summed E-state index contributed by atoms with van der Waals surface area (Å²) in [4.78, 5) is 12.0. The lowest BCUT2D eigenvalue weighted by molar-refractivity contribution is -0.128. The van der Waals surface area contributed by atoms with Gasteiger partial charge >= 0.3 is 0 Å². The van der Waals surface area contributed by atoms with Crippen molar-refractivity contribution in [3.05, 3.63) is 23.8 Å². The summed E-state index contributed by atoms with van der Waals surface area (Å²) in [6.07, 6.45) is 3.94. The summed E-state index contributed by atoms with van der Waals surface area (Å²) < 4.78 is 5.63. The van der Waals surface area contributed by atoms with Crippen molar-refractivity contribution < 1.29 is 14.6 Å². The maximum atomic E-state index is 12.0. The number of rotatable bonds is 4. The van der Waals surface area contributed by atoms with Gasteiger partial charge in [0.15, 0.2) is 6.10 Å². The molecule has 4 heteroatoms. The minimum Gasteiger partial charge on any atom is -0.508 e. The van der Waals surface area contributed by atoms with Gasteiger partial charge in [-0.15, -0.1) is 0 Å². The van der Waals surface area contributed by atoms with Gasteiger partial charge in [0.2, 0.25) is 0 Å². The second-order valence-electron chi connectivity index (χ2n) is 5.15. The van der Waals surface area contributed by atoms with Crippen LogP contribution in [-0.4, -0.2) is 23.2 Å². The molecular formula is C15H21NO3. The second-order valence-corrected chi connectivity index (χ2v) is 5.15. The Balaban J connectivity index is 1.94. The molecule has 0 saturated heterocycles. The van der Waals surface area contributed by atoms with E-state index in [-0.39, 0.29) is 11.7 Å². The van der Waals surface area contributed by atoms with Crippen molar-refractivity contribution in [2.45, 2.75) is 51.7 Å². The number of phenolic OH excluding ortho intramolecular Hbond substituents is 1. The number of hydrogen-bond donors (Lipinski definition) is 2. The van der Waals surface area contributed by atoms with Gasteiger partial charge in [0.05, 0.1) is 0 Å². The largest absolute Gasteiger partial charge is 0.508 e. The van der Waals surface area contributed by atoms with Gasteiger partial charge in [0.1, 0.15) is 11.5 Å². The molecule has 0 heterocycles. The Morgan fingerprint density at radius 3 is 2.79 bits per heavy atom. The first-order valence-electron chi connectivity index (χ1n) is 6.83. The van der Waals surface area contributed by atoms with Crippen LogP contribution in [0.25, 0.3) is 0 Å². The van der Waals surface area contributed by atoms with Crippen molar-refractivity contribution in [2.24, 2.45) is 0 Å². The molecule has 0 radical (unpaired) electrons. The molecule has 0 aliphatic heterocycles. The summed E-state index contributed by atoms with van der Waals surface area (Å²) in [6, 6.07) is 5.36. The van der Waals surface area contributed by atoms with Crippen molar-refractivity contribution in [1.29, 1.82) is 0 Å². The van der Waals surface area contributed by atoms with Crippen molar-refractivity contribution in [3.63, 3.8) is 0 Å². The Labute approximate surface area is 113 Å². The molecule has 1 aromatic carbocycles. The van der Waals surface area contributed by atoms with E-state index in [1.54, 1.807) is 32.0 Å². The van der Waals surface area contributed by atoms with E-state index < -0.39 is 6.10 Å². The Morgan fingerprint density at radius 2 is 2.11 bits per heavy atom. The number of benzene rings is 1. The first-order valence-corrected chi connectivity index (χ1v) is 6.83. The molecule has 0 aromatic heterocycles. The molecule has 1 saturated carbocycles. The van der Waals surface area contributed by atoms with Crippen LogP contribution in [0.15, 0.2) is 18.2 Å². The average molecular weight is 263 g/mol. The summed E-state index contributed by atoms with van der Waals surface area (Å²) >= 11 is 0. The monoisotopic (exact) mass is 263 g/mol.